The fourth-order valence-corrected chi connectivity index (χ4v) is 4.02. The van der Waals surface area contributed by atoms with Gasteiger partial charge in [-0.15, -0.1) is 0 Å². The van der Waals surface area contributed by atoms with Crippen LogP contribution in [-0.2, 0) is 9.53 Å². The minimum absolute atomic E-state index is 0.0909. The lowest BCUT2D eigenvalue weighted by molar-refractivity contribution is -0.145. The number of rotatable bonds is 3. The molecule has 1 aromatic rings. The van der Waals surface area contributed by atoms with Crippen LogP contribution in [0.25, 0.3) is 0 Å². The lowest BCUT2D eigenvalue weighted by Gasteiger charge is -2.35. The summed E-state index contributed by atoms with van der Waals surface area (Å²) in [6.45, 7) is 4.97. The van der Waals surface area contributed by atoms with E-state index in [0.29, 0.717) is 42.8 Å². The molecule has 2 atom stereocenters. The second-order valence-electron chi connectivity index (χ2n) is 7.12. The maximum absolute atomic E-state index is 13.8. The number of carboxylic acids is 1. The maximum Gasteiger partial charge on any atom is 0.309 e. The van der Waals surface area contributed by atoms with E-state index in [2.05, 4.69) is 0 Å². The van der Waals surface area contributed by atoms with E-state index in [1.807, 2.05) is 0 Å². The number of likely N-dealkylation sites (tertiary alicyclic amines) is 1. The summed E-state index contributed by atoms with van der Waals surface area (Å²) in [6.07, 6.45) is 1.79. The van der Waals surface area contributed by atoms with Gasteiger partial charge >= 0.3 is 5.97 Å². The lowest BCUT2D eigenvalue weighted by Crippen LogP contribution is -2.43. The molecule has 1 N–H and O–H groups in total. The van der Waals surface area contributed by atoms with Crippen molar-refractivity contribution in [1.29, 1.82) is 0 Å². The number of benzene rings is 1. The zero-order valence-electron chi connectivity index (χ0n) is 14.6. The van der Waals surface area contributed by atoms with Crippen molar-refractivity contribution in [2.75, 3.05) is 19.7 Å². The van der Waals surface area contributed by atoms with Crippen LogP contribution in [0.2, 0.25) is 0 Å². The minimum atomic E-state index is -0.793. The van der Waals surface area contributed by atoms with Crippen LogP contribution in [0.5, 0.6) is 0 Å². The molecular formula is C19H24FNO4. The summed E-state index contributed by atoms with van der Waals surface area (Å²) in [5, 5.41) is 9.30. The SMILES string of the molecule is Cc1cc(C(=O)N2CCC([C@@H]3OCCC3C(=O)O)CC2)cc(C)c1F. The molecule has 2 aliphatic heterocycles. The molecule has 0 aromatic heterocycles. The zero-order valence-corrected chi connectivity index (χ0v) is 14.6. The number of piperidine rings is 1. The molecule has 2 aliphatic rings. The third-order valence-electron chi connectivity index (χ3n) is 5.43. The molecule has 6 heteroatoms. The highest BCUT2D eigenvalue weighted by Gasteiger charge is 2.40. The van der Waals surface area contributed by atoms with E-state index in [1.54, 1.807) is 30.9 Å². The molecule has 5 nitrogen and oxygen atoms in total. The summed E-state index contributed by atoms with van der Waals surface area (Å²) < 4.78 is 19.4. The standard InChI is InChI=1S/C19H24FNO4/c1-11-9-14(10-12(2)16(11)20)18(22)21-6-3-13(4-7-21)17-15(19(23)24)5-8-25-17/h9-10,13,15,17H,3-8H2,1-2H3,(H,23,24)/t15?,17-/m0/s1. The Bertz CT molecular complexity index is 659. The largest absolute Gasteiger partial charge is 0.481 e. The van der Waals surface area contributed by atoms with Gasteiger partial charge in [-0.2, -0.15) is 0 Å². The fourth-order valence-electron chi connectivity index (χ4n) is 4.02. The molecular weight excluding hydrogens is 325 g/mol. The summed E-state index contributed by atoms with van der Waals surface area (Å²) in [6, 6.07) is 3.19. The van der Waals surface area contributed by atoms with Gasteiger partial charge in [-0.3, -0.25) is 9.59 Å². The van der Waals surface area contributed by atoms with Gasteiger partial charge in [0.05, 0.1) is 12.0 Å². The van der Waals surface area contributed by atoms with Crippen molar-refractivity contribution in [2.24, 2.45) is 11.8 Å². The van der Waals surface area contributed by atoms with Crippen molar-refractivity contribution in [3.63, 3.8) is 0 Å². The normalized spacial score (nSPS) is 24.5. The summed E-state index contributed by atoms with van der Waals surface area (Å²) in [7, 11) is 0. The summed E-state index contributed by atoms with van der Waals surface area (Å²) in [5.74, 6) is -1.42. The van der Waals surface area contributed by atoms with Gasteiger partial charge in [-0.25, -0.2) is 4.39 Å². The molecule has 0 aliphatic carbocycles. The Balaban J connectivity index is 1.64. The second-order valence-corrected chi connectivity index (χ2v) is 7.12. The molecule has 2 heterocycles. The number of carbonyl (C=O) groups excluding carboxylic acids is 1. The van der Waals surface area contributed by atoms with Crippen LogP contribution in [0.3, 0.4) is 0 Å². The van der Waals surface area contributed by atoms with Crippen molar-refractivity contribution in [1.82, 2.24) is 4.90 Å². The van der Waals surface area contributed by atoms with Gasteiger partial charge < -0.3 is 14.7 Å². The topological polar surface area (TPSA) is 66.8 Å². The Hall–Kier alpha value is -1.95. The molecule has 1 amide bonds. The van der Waals surface area contributed by atoms with Gasteiger partial charge in [0.15, 0.2) is 0 Å². The highest BCUT2D eigenvalue weighted by molar-refractivity contribution is 5.94. The Kier molecular flexibility index (Phi) is 5.08. The Morgan fingerprint density at radius 2 is 1.76 bits per heavy atom. The Labute approximate surface area is 146 Å². The van der Waals surface area contributed by atoms with E-state index in [0.717, 1.165) is 12.8 Å². The number of nitrogens with zero attached hydrogens (tertiary/aromatic N) is 1. The molecule has 0 radical (unpaired) electrons. The van der Waals surface area contributed by atoms with Crippen LogP contribution in [0.1, 0.15) is 40.7 Å². The quantitative estimate of drug-likeness (QED) is 0.911. The summed E-state index contributed by atoms with van der Waals surface area (Å²) in [4.78, 5) is 25.8. The van der Waals surface area contributed by atoms with Gasteiger partial charge in [-0.05, 0) is 62.3 Å². The van der Waals surface area contributed by atoms with E-state index in [-0.39, 0.29) is 23.7 Å². The Morgan fingerprint density at radius 1 is 1.16 bits per heavy atom. The third kappa shape index (κ3) is 3.54. The molecule has 136 valence electrons. The molecule has 0 bridgehead atoms. The maximum atomic E-state index is 13.8. The van der Waals surface area contributed by atoms with Crippen molar-refractivity contribution in [3.8, 4) is 0 Å². The first-order chi connectivity index (χ1) is 11.9. The number of carbonyl (C=O) groups is 2. The number of aliphatic carboxylic acids is 1. The first kappa shape index (κ1) is 17.9. The van der Waals surface area contributed by atoms with Crippen LogP contribution < -0.4 is 0 Å². The smallest absolute Gasteiger partial charge is 0.309 e. The highest BCUT2D eigenvalue weighted by atomic mass is 19.1. The van der Waals surface area contributed by atoms with Gasteiger partial charge in [0, 0.05) is 25.3 Å². The van der Waals surface area contributed by atoms with Crippen LogP contribution in [0, 0.1) is 31.5 Å². The van der Waals surface area contributed by atoms with Gasteiger partial charge in [0.1, 0.15) is 5.82 Å². The van der Waals surface area contributed by atoms with Crippen LogP contribution >= 0.6 is 0 Å². The molecule has 1 unspecified atom stereocenters. The number of amides is 1. The number of ether oxygens (including phenoxy) is 1. The summed E-state index contributed by atoms with van der Waals surface area (Å²) >= 11 is 0. The molecule has 3 rings (SSSR count). The number of halogens is 1. The van der Waals surface area contributed by atoms with Gasteiger partial charge in [0.2, 0.25) is 0 Å². The van der Waals surface area contributed by atoms with E-state index < -0.39 is 11.9 Å². The van der Waals surface area contributed by atoms with Gasteiger partial charge in [0.25, 0.3) is 5.91 Å². The monoisotopic (exact) mass is 349 g/mol. The molecule has 2 fully saturated rings. The molecule has 0 spiro atoms. The van der Waals surface area contributed by atoms with Crippen LogP contribution in [-0.4, -0.2) is 47.7 Å². The van der Waals surface area contributed by atoms with Crippen molar-refractivity contribution in [2.45, 2.75) is 39.2 Å². The van der Waals surface area contributed by atoms with Crippen LogP contribution in [0.15, 0.2) is 12.1 Å². The lowest BCUT2D eigenvalue weighted by atomic mass is 9.84. The number of carboxylic acid groups (broad SMARTS) is 1. The van der Waals surface area contributed by atoms with E-state index in [9.17, 15) is 19.1 Å². The van der Waals surface area contributed by atoms with E-state index >= 15 is 0 Å². The number of hydrogen-bond acceptors (Lipinski definition) is 3. The predicted molar refractivity (Wildman–Crippen MR) is 90.0 cm³/mol. The molecule has 2 saturated heterocycles. The minimum Gasteiger partial charge on any atom is -0.481 e. The van der Waals surface area contributed by atoms with Crippen molar-refractivity contribution >= 4 is 11.9 Å². The zero-order chi connectivity index (χ0) is 18.1. The van der Waals surface area contributed by atoms with Crippen molar-refractivity contribution < 1.29 is 23.8 Å². The highest BCUT2D eigenvalue weighted by Crippen LogP contribution is 2.33. The van der Waals surface area contributed by atoms with E-state index in [4.69, 9.17) is 4.74 Å². The second kappa shape index (κ2) is 7.12. The summed E-state index contributed by atoms with van der Waals surface area (Å²) in [5.41, 5.74) is 1.46. The average Bonchev–Trinajstić information content (AvgIpc) is 3.08. The Morgan fingerprint density at radius 3 is 2.32 bits per heavy atom. The first-order valence-electron chi connectivity index (χ1n) is 8.79. The molecule has 25 heavy (non-hydrogen) atoms. The van der Waals surface area contributed by atoms with Crippen molar-refractivity contribution in [3.05, 3.63) is 34.6 Å². The first-order valence-corrected chi connectivity index (χ1v) is 8.79. The third-order valence-corrected chi connectivity index (χ3v) is 5.43. The average molecular weight is 349 g/mol. The predicted octanol–water partition coefficient (Wildman–Crippen LogP) is 2.78. The number of hydrogen-bond donors (Lipinski definition) is 1. The van der Waals surface area contributed by atoms with Gasteiger partial charge in [-0.1, -0.05) is 0 Å². The molecule has 1 aromatic carbocycles. The number of aryl methyl sites for hydroxylation is 2. The van der Waals surface area contributed by atoms with Crippen LogP contribution in [0.4, 0.5) is 4.39 Å². The molecule has 0 saturated carbocycles. The fraction of sp³-hybridized carbons (Fsp3) is 0.579. The van der Waals surface area contributed by atoms with E-state index in [1.165, 1.54) is 0 Å².